The van der Waals surface area contributed by atoms with E-state index in [2.05, 4.69) is 17.2 Å². The largest absolute Gasteiger partial charge is 0.501 e. The Balaban J connectivity index is 1.65. The molecule has 9 nitrogen and oxygen atoms in total. The van der Waals surface area contributed by atoms with E-state index in [9.17, 15) is 23.9 Å². The normalized spacial score (nSPS) is 17.0. The molecule has 2 atom stereocenters. The van der Waals surface area contributed by atoms with E-state index in [4.69, 9.17) is 4.74 Å². The third-order valence-corrected chi connectivity index (χ3v) is 6.58. The zero-order chi connectivity index (χ0) is 27.2. The number of aromatic hydroxyl groups is 1. The Bertz CT molecular complexity index is 1340. The monoisotopic (exact) mass is 522 g/mol. The van der Waals surface area contributed by atoms with Crippen LogP contribution in [0, 0.1) is 5.82 Å². The van der Waals surface area contributed by atoms with E-state index in [1.807, 2.05) is 6.07 Å². The van der Waals surface area contributed by atoms with Crippen molar-refractivity contribution in [3.05, 3.63) is 93.4 Å². The number of hydrogen-bond acceptors (Lipinski definition) is 6. The van der Waals surface area contributed by atoms with E-state index in [1.54, 1.807) is 29.2 Å². The van der Waals surface area contributed by atoms with Gasteiger partial charge >= 0.3 is 0 Å². The minimum atomic E-state index is -0.801. The van der Waals surface area contributed by atoms with Crippen molar-refractivity contribution in [1.82, 2.24) is 19.8 Å². The average molecular weight is 523 g/mol. The van der Waals surface area contributed by atoms with Crippen molar-refractivity contribution in [3.8, 4) is 5.75 Å². The van der Waals surface area contributed by atoms with Gasteiger partial charge in [-0.15, -0.1) is 0 Å². The van der Waals surface area contributed by atoms with Gasteiger partial charge in [-0.2, -0.15) is 0 Å². The molecule has 0 aliphatic carbocycles. The second kappa shape index (κ2) is 12.0. The minimum Gasteiger partial charge on any atom is -0.501 e. The molecule has 0 radical (unpaired) electrons. The van der Waals surface area contributed by atoms with Gasteiger partial charge in [0.2, 0.25) is 5.75 Å². The number of nitrogens with one attached hydrogen (secondary N) is 1. The van der Waals surface area contributed by atoms with E-state index in [1.165, 1.54) is 31.3 Å². The van der Waals surface area contributed by atoms with Crippen LogP contribution in [0.15, 0.2) is 59.4 Å². The zero-order valence-electron chi connectivity index (χ0n) is 21.4. The number of halogens is 1. The van der Waals surface area contributed by atoms with E-state index in [-0.39, 0.29) is 24.4 Å². The molecule has 0 unspecified atom stereocenters. The predicted molar refractivity (Wildman–Crippen MR) is 138 cm³/mol. The summed E-state index contributed by atoms with van der Waals surface area (Å²) >= 11 is 0. The first kappa shape index (κ1) is 27.0. The van der Waals surface area contributed by atoms with Gasteiger partial charge in [0.25, 0.3) is 17.4 Å². The van der Waals surface area contributed by atoms with Crippen LogP contribution in [0.2, 0.25) is 0 Å². The molecular formula is C28H31FN4O5. The lowest BCUT2D eigenvalue weighted by Gasteiger charge is -2.25. The summed E-state index contributed by atoms with van der Waals surface area (Å²) < 4.78 is 20.4. The molecule has 1 saturated heterocycles. The van der Waals surface area contributed by atoms with Crippen LogP contribution in [0.25, 0.3) is 0 Å². The Morgan fingerprint density at radius 3 is 2.55 bits per heavy atom. The van der Waals surface area contributed by atoms with Crippen molar-refractivity contribution < 1.29 is 23.8 Å². The summed E-state index contributed by atoms with van der Waals surface area (Å²) in [5, 5.41) is 13.1. The number of rotatable bonds is 9. The maximum absolute atomic E-state index is 13.5. The molecule has 2 amide bonds. The molecule has 4 rings (SSSR count). The Labute approximate surface area is 219 Å². The molecule has 10 heteroatoms. The van der Waals surface area contributed by atoms with Crippen molar-refractivity contribution in [1.29, 1.82) is 0 Å². The SMILES string of the molecule is CCCCO[C@@H]1C[C@@H](c2nc(C(=O)NCc3ccc(F)cc3)c(O)c(=O)n2C)N(C(=O)c2ccccc2)C1. The molecule has 200 valence electrons. The number of likely N-dealkylation sites (tertiary alicyclic amines) is 1. The van der Waals surface area contributed by atoms with E-state index < -0.39 is 34.8 Å². The summed E-state index contributed by atoms with van der Waals surface area (Å²) in [4.78, 5) is 45.4. The van der Waals surface area contributed by atoms with Gasteiger partial charge in [0.1, 0.15) is 11.6 Å². The van der Waals surface area contributed by atoms with Crippen molar-refractivity contribution in [2.45, 2.75) is 44.9 Å². The molecule has 1 fully saturated rings. The fourth-order valence-electron chi connectivity index (χ4n) is 4.46. The lowest BCUT2D eigenvalue weighted by atomic mass is 10.1. The molecule has 38 heavy (non-hydrogen) atoms. The quantitative estimate of drug-likeness (QED) is 0.417. The highest BCUT2D eigenvalue weighted by Gasteiger charge is 2.40. The molecule has 2 N–H and O–H groups in total. The number of amides is 2. The van der Waals surface area contributed by atoms with Gasteiger partial charge in [-0.1, -0.05) is 43.7 Å². The summed E-state index contributed by atoms with van der Waals surface area (Å²) in [5.74, 6) is -2.03. The topological polar surface area (TPSA) is 114 Å². The first-order valence-electron chi connectivity index (χ1n) is 12.6. The Morgan fingerprint density at radius 2 is 1.87 bits per heavy atom. The van der Waals surface area contributed by atoms with Gasteiger partial charge in [-0.3, -0.25) is 19.0 Å². The molecule has 2 heterocycles. The van der Waals surface area contributed by atoms with E-state index >= 15 is 0 Å². The summed E-state index contributed by atoms with van der Waals surface area (Å²) in [7, 11) is 1.45. The van der Waals surface area contributed by atoms with Gasteiger partial charge in [-0.05, 0) is 36.2 Å². The molecule has 2 aromatic carbocycles. The third-order valence-electron chi connectivity index (χ3n) is 6.58. The molecule has 0 saturated carbocycles. The lowest BCUT2D eigenvalue weighted by Crippen LogP contribution is -2.36. The fourth-order valence-corrected chi connectivity index (χ4v) is 4.46. The standard InChI is InChI=1S/C28H31FN4O5/c1-3-4-14-38-21-15-22(33(17-21)27(36)19-8-6-5-7-9-19)25-31-23(24(34)28(37)32(25)2)26(35)30-16-18-10-12-20(29)13-11-18/h5-13,21-22,34H,3-4,14-17H2,1-2H3,(H,30,35)/t21-,22+/m1/s1. The molecule has 3 aromatic rings. The molecule has 1 aliphatic rings. The van der Waals surface area contributed by atoms with Gasteiger partial charge in [0.15, 0.2) is 5.69 Å². The maximum atomic E-state index is 13.5. The van der Waals surface area contributed by atoms with Crippen LogP contribution >= 0.6 is 0 Å². The number of carbonyl (C=O) groups is 2. The molecular weight excluding hydrogens is 491 g/mol. The van der Waals surface area contributed by atoms with Crippen LogP contribution in [0.5, 0.6) is 5.75 Å². The fraction of sp³-hybridized carbons (Fsp3) is 0.357. The lowest BCUT2D eigenvalue weighted by molar-refractivity contribution is 0.0519. The van der Waals surface area contributed by atoms with Gasteiger partial charge in [0.05, 0.1) is 12.1 Å². The Morgan fingerprint density at radius 1 is 1.16 bits per heavy atom. The van der Waals surface area contributed by atoms with Crippen molar-refractivity contribution in [2.75, 3.05) is 13.2 Å². The van der Waals surface area contributed by atoms with Crippen LogP contribution in [0.3, 0.4) is 0 Å². The molecule has 1 aromatic heterocycles. The van der Waals surface area contributed by atoms with Gasteiger partial charge in [0, 0.05) is 38.7 Å². The second-order valence-corrected chi connectivity index (χ2v) is 9.26. The number of aromatic nitrogens is 2. The number of carbonyl (C=O) groups excluding carboxylic acids is 2. The van der Waals surface area contributed by atoms with Crippen LogP contribution < -0.4 is 10.9 Å². The molecule has 0 spiro atoms. The first-order valence-corrected chi connectivity index (χ1v) is 12.6. The van der Waals surface area contributed by atoms with Crippen LogP contribution in [0.4, 0.5) is 4.39 Å². The number of unbranched alkanes of at least 4 members (excludes halogenated alkanes) is 1. The summed E-state index contributed by atoms with van der Waals surface area (Å²) in [5.41, 5.74) is -0.129. The first-order chi connectivity index (χ1) is 18.3. The highest BCUT2D eigenvalue weighted by molar-refractivity contribution is 5.95. The van der Waals surface area contributed by atoms with E-state index in [0.717, 1.165) is 17.4 Å². The average Bonchev–Trinajstić information content (AvgIpc) is 3.35. The second-order valence-electron chi connectivity index (χ2n) is 9.26. The summed E-state index contributed by atoms with van der Waals surface area (Å²) in [6, 6.07) is 13.7. The number of benzene rings is 2. The number of ether oxygens (including phenoxy) is 1. The highest BCUT2D eigenvalue weighted by Crippen LogP contribution is 2.34. The summed E-state index contributed by atoms with van der Waals surface area (Å²) in [6.45, 7) is 2.94. The Kier molecular flexibility index (Phi) is 8.52. The summed E-state index contributed by atoms with van der Waals surface area (Å²) in [6.07, 6.45) is 1.94. The number of nitrogens with zero attached hydrogens (tertiary/aromatic N) is 3. The molecule has 1 aliphatic heterocycles. The minimum absolute atomic E-state index is 0.0418. The number of hydrogen-bond donors (Lipinski definition) is 2. The van der Waals surface area contributed by atoms with Crippen LogP contribution in [-0.2, 0) is 18.3 Å². The van der Waals surface area contributed by atoms with E-state index in [0.29, 0.717) is 30.7 Å². The van der Waals surface area contributed by atoms with Crippen LogP contribution in [0.1, 0.15) is 64.5 Å². The highest BCUT2D eigenvalue weighted by atomic mass is 19.1. The van der Waals surface area contributed by atoms with Crippen LogP contribution in [-0.4, -0.2) is 50.6 Å². The smallest absolute Gasteiger partial charge is 0.296 e. The predicted octanol–water partition coefficient (Wildman–Crippen LogP) is 3.33. The van der Waals surface area contributed by atoms with Gasteiger partial charge < -0.3 is 20.1 Å². The van der Waals surface area contributed by atoms with Crippen molar-refractivity contribution in [3.63, 3.8) is 0 Å². The zero-order valence-corrected chi connectivity index (χ0v) is 21.4. The van der Waals surface area contributed by atoms with Gasteiger partial charge in [-0.25, -0.2) is 9.37 Å². The Hall–Kier alpha value is -4.05. The van der Waals surface area contributed by atoms with Crippen molar-refractivity contribution in [2.24, 2.45) is 7.05 Å². The maximum Gasteiger partial charge on any atom is 0.296 e. The third kappa shape index (κ3) is 5.91. The molecule has 0 bridgehead atoms. The van der Waals surface area contributed by atoms with Crippen molar-refractivity contribution >= 4 is 11.8 Å².